The SMILES string of the molecule is CCCC(O)CNc1nc(Nc2ccnc(C(F)(F)F)c2)nc(-c2cccc(C(F)(F)F)n2)n1. The van der Waals surface area contributed by atoms with Crippen molar-refractivity contribution in [2.24, 2.45) is 0 Å². The first kappa shape index (κ1) is 25.1. The first-order valence-corrected chi connectivity index (χ1v) is 9.98. The van der Waals surface area contributed by atoms with Gasteiger partial charge in [-0.25, -0.2) is 4.98 Å². The van der Waals surface area contributed by atoms with Crippen LogP contribution < -0.4 is 10.6 Å². The smallest absolute Gasteiger partial charge is 0.391 e. The molecule has 0 aliphatic rings. The fourth-order valence-corrected chi connectivity index (χ4v) is 2.78. The normalized spacial score (nSPS) is 12.9. The summed E-state index contributed by atoms with van der Waals surface area (Å²) in [4.78, 5) is 18.9. The molecule has 1 unspecified atom stereocenters. The number of nitrogens with zero attached hydrogens (tertiary/aromatic N) is 5. The Labute approximate surface area is 189 Å². The molecule has 8 nitrogen and oxygen atoms in total. The van der Waals surface area contributed by atoms with Gasteiger partial charge in [-0.1, -0.05) is 19.4 Å². The van der Waals surface area contributed by atoms with Gasteiger partial charge in [0.2, 0.25) is 11.9 Å². The van der Waals surface area contributed by atoms with Gasteiger partial charge < -0.3 is 15.7 Å². The van der Waals surface area contributed by atoms with E-state index in [1.165, 1.54) is 12.1 Å². The molecule has 0 aromatic carbocycles. The van der Waals surface area contributed by atoms with Crippen LogP contribution in [0.3, 0.4) is 0 Å². The number of halogens is 6. The summed E-state index contributed by atoms with van der Waals surface area (Å²) in [6.45, 7) is 1.90. The number of anilines is 3. The van der Waals surface area contributed by atoms with E-state index in [4.69, 9.17) is 0 Å². The minimum absolute atomic E-state index is 0.0280. The average Bonchev–Trinajstić information content (AvgIpc) is 2.77. The second-order valence-corrected chi connectivity index (χ2v) is 7.09. The number of hydrogen-bond acceptors (Lipinski definition) is 8. The Bertz CT molecular complexity index is 1120. The Kier molecular flexibility index (Phi) is 7.49. The van der Waals surface area contributed by atoms with E-state index in [-0.39, 0.29) is 35.6 Å². The van der Waals surface area contributed by atoms with Crippen LogP contribution in [0.2, 0.25) is 0 Å². The average molecular weight is 487 g/mol. The largest absolute Gasteiger partial charge is 0.433 e. The molecule has 3 rings (SSSR count). The lowest BCUT2D eigenvalue weighted by Gasteiger charge is -2.14. The highest BCUT2D eigenvalue weighted by atomic mass is 19.4. The van der Waals surface area contributed by atoms with Crippen molar-refractivity contribution in [1.82, 2.24) is 24.9 Å². The molecule has 0 bridgehead atoms. The Balaban J connectivity index is 1.98. The van der Waals surface area contributed by atoms with Crippen LogP contribution in [0.15, 0.2) is 36.5 Å². The molecule has 0 saturated heterocycles. The van der Waals surface area contributed by atoms with Crippen LogP contribution in [0.25, 0.3) is 11.5 Å². The number of aliphatic hydroxyl groups is 1. The van der Waals surface area contributed by atoms with Crippen LogP contribution in [0.4, 0.5) is 43.9 Å². The summed E-state index contributed by atoms with van der Waals surface area (Å²) < 4.78 is 78.1. The third-order valence-electron chi connectivity index (χ3n) is 4.33. The van der Waals surface area contributed by atoms with Crippen LogP contribution >= 0.6 is 0 Å². The maximum atomic E-state index is 13.1. The lowest BCUT2D eigenvalue weighted by molar-refractivity contribution is -0.141. The lowest BCUT2D eigenvalue weighted by Crippen LogP contribution is -2.21. The second-order valence-electron chi connectivity index (χ2n) is 7.09. The molecule has 0 saturated carbocycles. The van der Waals surface area contributed by atoms with Gasteiger partial charge in [0.15, 0.2) is 5.82 Å². The molecule has 1 atom stereocenters. The Morgan fingerprint density at radius 2 is 1.62 bits per heavy atom. The topological polar surface area (TPSA) is 109 Å². The molecular formula is C20H19F6N7O. The zero-order chi connectivity index (χ0) is 24.9. The number of hydrogen-bond donors (Lipinski definition) is 3. The van der Waals surface area contributed by atoms with E-state index in [9.17, 15) is 31.4 Å². The minimum Gasteiger partial charge on any atom is -0.391 e. The van der Waals surface area contributed by atoms with Gasteiger partial charge in [0.1, 0.15) is 17.1 Å². The molecular weight excluding hydrogens is 468 g/mol. The number of aromatic nitrogens is 5. The van der Waals surface area contributed by atoms with Crippen molar-refractivity contribution in [2.75, 3.05) is 17.2 Å². The molecule has 0 aliphatic carbocycles. The van der Waals surface area contributed by atoms with Crippen LogP contribution in [-0.4, -0.2) is 42.7 Å². The van der Waals surface area contributed by atoms with E-state index < -0.39 is 29.8 Å². The van der Waals surface area contributed by atoms with Crippen molar-refractivity contribution >= 4 is 17.6 Å². The summed E-state index contributed by atoms with van der Waals surface area (Å²) in [7, 11) is 0. The Morgan fingerprint density at radius 3 is 2.29 bits per heavy atom. The molecule has 3 heterocycles. The highest BCUT2D eigenvalue weighted by Crippen LogP contribution is 2.31. The van der Waals surface area contributed by atoms with Crippen LogP contribution in [0, 0.1) is 0 Å². The highest BCUT2D eigenvalue weighted by molar-refractivity contribution is 5.59. The van der Waals surface area contributed by atoms with Gasteiger partial charge in [0.05, 0.1) is 6.10 Å². The third-order valence-corrected chi connectivity index (χ3v) is 4.33. The summed E-state index contributed by atoms with van der Waals surface area (Å²) in [5.41, 5.74) is -2.62. The fourth-order valence-electron chi connectivity index (χ4n) is 2.78. The molecule has 182 valence electrons. The summed E-state index contributed by atoms with van der Waals surface area (Å²) in [6.07, 6.45) is -8.03. The number of alkyl halides is 6. The molecule has 0 radical (unpaired) electrons. The zero-order valence-corrected chi connectivity index (χ0v) is 17.6. The van der Waals surface area contributed by atoms with Crippen LogP contribution in [-0.2, 0) is 12.4 Å². The summed E-state index contributed by atoms with van der Waals surface area (Å²) in [6, 6.07) is 5.11. The Hall–Kier alpha value is -3.55. The number of rotatable bonds is 8. The number of pyridine rings is 2. The third kappa shape index (κ3) is 6.73. The van der Waals surface area contributed by atoms with Gasteiger partial charge in [0, 0.05) is 18.4 Å². The molecule has 0 spiro atoms. The predicted octanol–water partition coefficient (Wildman–Crippen LogP) is 4.68. The van der Waals surface area contributed by atoms with Gasteiger partial charge in [-0.3, -0.25) is 4.98 Å². The summed E-state index contributed by atoms with van der Waals surface area (Å²) >= 11 is 0. The molecule has 3 aromatic heterocycles. The van der Waals surface area contributed by atoms with Crippen LogP contribution in [0.1, 0.15) is 31.2 Å². The molecule has 14 heteroatoms. The van der Waals surface area contributed by atoms with E-state index in [1.807, 2.05) is 6.92 Å². The van der Waals surface area contributed by atoms with Crippen molar-refractivity contribution < 1.29 is 31.4 Å². The van der Waals surface area contributed by atoms with Gasteiger partial charge in [0.25, 0.3) is 0 Å². The first-order chi connectivity index (χ1) is 16.0. The first-order valence-electron chi connectivity index (χ1n) is 9.98. The molecule has 0 amide bonds. The Morgan fingerprint density at radius 1 is 0.912 bits per heavy atom. The predicted molar refractivity (Wildman–Crippen MR) is 110 cm³/mol. The zero-order valence-electron chi connectivity index (χ0n) is 17.6. The van der Waals surface area contributed by atoms with E-state index in [1.54, 1.807) is 0 Å². The number of aliphatic hydroxyl groups excluding tert-OH is 1. The van der Waals surface area contributed by atoms with E-state index in [0.717, 1.165) is 24.4 Å². The van der Waals surface area contributed by atoms with Gasteiger partial charge in [-0.05, 0) is 30.7 Å². The lowest BCUT2D eigenvalue weighted by atomic mass is 10.2. The van der Waals surface area contributed by atoms with E-state index in [0.29, 0.717) is 12.8 Å². The quantitative estimate of drug-likeness (QED) is 0.393. The van der Waals surface area contributed by atoms with Crippen molar-refractivity contribution in [3.8, 4) is 11.5 Å². The highest BCUT2D eigenvalue weighted by Gasteiger charge is 2.33. The molecule has 3 aromatic rings. The van der Waals surface area contributed by atoms with Gasteiger partial charge in [-0.15, -0.1) is 0 Å². The molecule has 34 heavy (non-hydrogen) atoms. The van der Waals surface area contributed by atoms with Crippen molar-refractivity contribution in [3.05, 3.63) is 47.9 Å². The fraction of sp³-hybridized carbons (Fsp3) is 0.350. The van der Waals surface area contributed by atoms with Crippen molar-refractivity contribution in [3.63, 3.8) is 0 Å². The minimum atomic E-state index is -4.71. The van der Waals surface area contributed by atoms with Crippen LogP contribution in [0.5, 0.6) is 0 Å². The van der Waals surface area contributed by atoms with E-state index >= 15 is 0 Å². The van der Waals surface area contributed by atoms with Gasteiger partial charge >= 0.3 is 12.4 Å². The standard InChI is InChI=1S/C20H19F6N7O/c1-2-4-12(34)10-28-17-31-16(13-5-3-6-14(30-13)19(21,22)23)32-18(33-17)29-11-7-8-27-15(9-11)20(24,25)26/h3,5-9,12,34H,2,4,10H2,1H3,(H2,27,28,29,31,32,33). The van der Waals surface area contributed by atoms with Crippen molar-refractivity contribution in [1.29, 1.82) is 0 Å². The molecule has 3 N–H and O–H groups in total. The number of nitrogens with one attached hydrogen (secondary N) is 2. The summed E-state index contributed by atoms with van der Waals surface area (Å²) in [5.74, 6) is -0.635. The molecule has 0 fully saturated rings. The van der Waals surface area contributed by atoms with Crippen molar-refractivity contribution in [2.45, 2.75) is 38.2 Å². The maximum Gasteiger partial charge on any atom is 0.433 e. The maximum absolute atomic E-state index is 13.1. The summed E-state index contributed by atoms with van der Waals surface area (Å²) in [5, 5.41) is 15.3. The molecule has 0 aliphatic heterocycles. The van der Waals surface area contributed by atoms with E-state index in [2.05, 4.69) is 35.6 Å². The second kappa shape index (κ2) is 10.2. The monoisotopic (exact) mass is 487 g/mol. The van der Waals surface area contributed by atoms with Gasteiger partial charge in [-0.2, -0.15) is 41.3 Å².